The van der Waals surface area contributed by atoms with E-state index in [4.69, 9.17) is 32.7 Å². The SMILES string of the molecule is COc1cc(-n2cnc3c(c2=O)SC(c2ccc(Cl)cc2)C3)ccc1OCCNCc1ccc(Cl)cc1. The van der Waals surface area contributed by atoms with Crippen molar-refractivity contribution in [3.05, 3.63) is 110 Å². The van der Waals surface area contributed by atoms with Crippen molar-refractivity contribution in [3.63, 3.8) is 0 Å². The van der Waals surface area contributed by atoms with Gasteiger partial charge in [-0.15, -0.1) is 11.8 Å². The summed E-state index contributed by atoms with van der Waals surface area (Å²) in [5, 5.41) is 4.90. The lowest BCUT2D eigenvalue weighted by atomic mass is 10.1. The molecule has 190 valence electrons. The van der Waals surface area contributed by atoms with Gasteiger partial charge >= 0.3 is 0 Å². The summed E-state index contributed by atoms with van der Waals surface area (Å²) in [6, 6.07) is 20.9. The van der Waals surface area contributed by atoms with Gasteiger partial charge in [0.05, 0.1) is 23.4 Å². The lowest BCUT2D eigenvalue weighted by Crippen LogP contribution is -2.21. The molecule has 0 fully saturated rings. The minimum atomic E-state index is -0.0893. The molecule has 4 aromatic rings. The van der Waals surface area contributed by atoms with Crippen LogP contribution in [0, 0.1) is 0 Å². The molecule has 0 saturated heterocycles. The second kappa shape index (κ2) is 11.6. The summed E-state index contributed by atoms with van der Waals surface area (Å²) in [7, 11) is 1.58. The van der Waals surface area contributed by atoms with Gasteiger partial charge in [0.2, 0.25) is 0 Å². The molecule has 1 aromatic heterocycles. The predicted octanol–water partition coefficient (Wildman–Crippen LogP) is 6.11. The maximum atomic E-state index is 13.3. The number of ether oxygens (including phenoxy) is 2. The number of nitrogens with zero attached hydrogens (tertiary/aromatic N) is 2. The third-order valence-corrected chi connectivity index (χ3v) is 7.96. The summed E-state index contributed by atoms with van der Waals surface area (Å²) < 4.78 is 13.0. The molecule has 0 bridgehead atoms. The minimum Gasteiger partial charge on any atom is -0.493 e. The van der Waals surface area contributed by atoms with Crippen molar-refractivity contribution in [2.75, 3.05) is 20.3 Å². The first-order chi connectivity index (χ1) is 18.0. The van der Waals surface area contributed by atoms with E-state index < -0.39 is 0 Å². The molecule has 1 unspecified atom stereocenters. The van der Waals surface area contributed by atoms with E-state index in [0.29, 0.717) is 46.7 Å². The number of halogens is 2. The molecule has 37 heavy (non-hydrogen) atoms. The van der Waals surface area contributed by atoms with Crippen LogP contribution in [0.5, 0.6) is 11.5 Å². The molecule has 5 rings (SSSR count). The molecule has 0 saturated carbocycles. The largest absolute Gasteiger partial charge is 0.493 e. The third kappa shape index (κ3) is 5.96. The van der Waals surface area contributed by atoms with Crippen LogP contribution in [-0.4, -0.2) is 29.8 Å². The first-order valence-corrected chi connectivity index (χ1v) is 13.4. The van der Waals surface area contributed by atoms with E-state index >= 15 is 0 Å². The molecule has 0 spiro atoms. The lowest BCUT2D eigenvalue weighted by Gasteiger charge is -2.14. The Balaban J connectivity index is 1.24. The Morgan fingerprint density at radius 1 is 1.03 bits per heavy atom. The number of nitrogens with one attached hydrogen (secondary N) is 1. The summed E-state index contributed by atoms with van der Waals surface area (Å²) >= 11 is 13.5. The van der Waals surface area contributed by atoms with Gasteiger partial charge in [0.15, 0.2) is 11.5 Å². The van der Waals surface area contributed by atoms with E-state index in [0.717, 1.165) is 28.4 Å². The maximum absolute atomic E-state index is 13.3. The highest BCUT2D eigenvalue weighted by atomic mass is 35.5. The van der Waals surface area contributed by atoms with Gasteiger partial charge in [-0.25, -0.2) is 4.98 Å². The smallest absolute Gasteiger partial charge is 0.271 e. The van der Waals surface area contributed by atoms with Gasteiger partial charge in [-0.3, -0.25) is 9.36 Å². The Morgan fingerprint density at radius 3 is 2.49 bits per heavy atom. The zero-order valence-electron chi connectivity index (χ0n) is 20.1. The monoisotopic (exact) mass is 553 g/mol. The summed E-state index contributed by atoms with van der Waals surface area (Å²) in [5.74, 6) is 1.16. The number of rotatable bonds is 9. The highest BCUT2D eigenvalue weighted by Gasteiger charge is 2.28. The number of hydrogen-bond acceptors (Lipinski definition) is 6. The standard InChI is InChI=1S/C28H25Cl2N3O3S/c1-35-25-14-22(10-11-24(25)36-13-12-31-16-18-2-6-20(29)7-3-18)33-17-32-23-15-26(37-27(23)28(33)34)19-4-8-21(30)9-5-19/h2-11,14,17,26,31H,12-13,15-16H2,1H3. The topological polar surface area (TPSA) is 65.4 Å². The second-order valence-electron chi connectivity index (χ2n) is 8.54. The van der Waals surface area contributed by atoms with Crippen LogP contribution in [0.1, 0.15) is 22.1 Å². The molecule has 2 heterocycles. The molecule has 6 nitrogen and oxygen atoms in total. The van der Waals surface area contributed by atoms with Crippen LogP contribution in [0.3, 0.4) is 0 Å². The zero-order valence-corrected chi connectivity index (χ0v) is 22.4. The molecule has 9 heteroatoms. The van der Waals surface area contributed by atoms with E-state index in [-0.39, 0.29) is 10.8 Å². The van der Waals surface area contributed by atoms with Crippen molar-refractivity contribution in [1.29, 1.82) is 0 Å². The maximum Gasteiger partial charge on any atom is 0.271 e. The molecule has 1 atom stereocenters. The van der Waals surface area contributed by atoms with E-state index in [1.807, 2.05) is 60.7 Å². The second-order valence-corrected chi connectivity index (χ2v) is 10.6. The Morgan fingerprint density at radius 2 is 1.76 bits per heavy atom. The Bertz CT molecular complexity index is 1440. The van der Waals surface area contributed by atoms with Crippen LogP contribution in [0.25, 0.3) is 5.69 Å². The molecule has 1 N–H and O–H groups in total. The number of thioether (sulfide) groups is 1. The van der Waals surface area contributed by atoms with Gasteiger partial charge in [0.25, 0.3) is 5.56 Å². The minimum absolute atomic E-state index is 0.0893. The zero-order chi connectivity index (χ0) is 25.8. The summed E-state index contributed by atoms with van der Waals surface area (Å²) in [6.07, 6.45) is 2.29. The Hall–Kier alpha value is -2.97. The van der Waals surface area contributed by atoms with Crippen LogP contribution in [0.4, 0.5) is 0 Å². The molecular formula is C28H25Cl2N3O3S. The average Bonchev–Trinajstić information content (AvgIpc) is 3.36. The van der Waals surface area contributed by atoms with E-state index in [1.165, 1.54) is 0 Å². The fourth-order valence-corrected chi connectivity index (χ4v) is 5.68. The number of hydrogen-bond donors (Lipinski definition) is 1. The van der Waals surface area contributed by atoms with Crippen molar-refractivity contribution in [1.82, 2.24) is 14.9 Å². The summed E-state index contributed by atoms with van der Waals surface area (Å²) in [4.78, 5) is 18.6. The average molecular weight is 554 g/mol. The van der Waals surface area contributed by atoms with Gasteiger partial charge in [-0.05, 0) is 47.5 Å². The van der Waals surface area contributed by atoms with Crippen LogP contribution >= 0.6 is 35.0 Å². The Kier molecular flexibility index (Phi) is 8.05. The highest BCUT2D eigenvalue weighted by molar-refractivity contribution is 7.99. The fraction of sp³-hybridized carbons (Fsp3) is 0.214. The molecule has 1 aliphatic heterocycles. The van der Waals surface area contributed by atoms with Crippen LogP contribution in [-0.2, 0) is 13.0 Å². The van der Waals surface area contributed by atoms with Gasteiger partial charge in [0, 0.05) is 40.9 Å². The molecular weight excluding hydrogens is 529 g/mol. The van der Waals surface area contributed by atoms with Crippen LogP contribution < -0.4 is 20.3 Å². The van der Waals surface area contributed by atoms with Crippen molar-refractivity contribution in [2.45, 2.75) is 23.1 Å². The van der Waals surface area contributed by atoms with Crippen molar-refractivity contribution < 1.29 is 9.47 Å². The lowest BCUT2D eigenvalue weighted by molar-refractivity contribution is 0.292. The molecule has 1 aliphatic rings. The third-order valence-electron chi connectivity index (χ3n) is 6.09. The van der Waals surface area contributed by atoms with Crippen LogP contribution in [0.2, 0.25) is 10.0 Å². The summed E-state index contributed by atoms with van der Waals surface area (Å²) in [5.41, 5.74) is 3.68. The van der Waals surface area contributed by atoms with Gasteiger partial charge in [-0.2, -0.15) is 0 Å². The molecule has 3 aromatic carbocycles. The summed E-state index contributed by atoms with van der Waals surface area (Å²) in [6.45, 7) is 1.85. The number of methoxy groups -OCH3 is 1. The van der Waals surface area contributed by atoms with Gasteiger partial charge in [-0.1, -0.05) is 47.5 Å². The van der Waals surface area contributed by atoms with Crippen molar-refractivity contribution in [2.24, 2.45) is 0 Å². The van der Waals surface area contributed by atoms with E-state index in [9.17, 15) is 4.79 Å². The normalized spacial score (nSPS) is 14.4. The molecule has 0 radical (unpaired) electrons. The molecule has 0 amide bonds. The number of fused-ring (bicyclic) bond motifs is 1. The predicted molar refractivity (Wildman–Crippen MR) is 149 cm³/mol. The van der Waals surface area contributed by atoms with Gasteiger partial charge < -0.3 is 14.8 Å². The highest BCUT2D eigenvalue weighted by Crippen LogP contribution is 2.44. The van der Waals surface area contributed by atoms with Gasteiger partial charge in [0.1, 0.15) is 12.9 Å². The van der Waals surface area contributed by atoms with Crippen LogP contribution in [0.15, 0.2) is 82.7 Å². The van der Waals surface area contributed by atoms with E-state index in [2.05, 4.69) is 10.3 Å². The fourth-order valence-electron chi connectivity index (χ4n) is 4.14. The van der Waals surface area contributed by atoms with E-state index in [1.54, 1.807) is 35.8 Å². The Labute approximate surface area is 229 Å². The molecule has 0 aliphatic carbocycles. The van der Waals surface area contributed by atoms with Crippen molar-refractivity contribution >= 4 is 35.0 Å². The first-order valence-electron chi connectivity index (χ1n) is 11.8. The van der Waals surface area contributed by atoms with Crippen molar-refractivity contribution in [3.8, 4) is 17.2 Å². The number of aromatic nitrogens is 2. The quantitative estimate of drug-likeness (QED) is 0.252. The first kappa shape index (κ1) is 25.7. The number of benzene rings is 3.